The van der Waals surface area contributed by atoms with Crippen LogP contribution in [0.5, 0.6) is 11.5 Å². The maximum Gasteiger partial charge on any atom is 0.136 e. The van der Waals surface area contributed by atoms with Crippen molar-refractivity contribution in [1.29, 1.82) is 0 Å². The van der Waals surface area contributed by atoms with Crippen LogP contribution in [0.4, 0.5) is 0 Å². The van der Waals surface area contributed by atoms with E-state index in [0.717, 1.165) is 43.8 Å². The molecule has 0 N–H and O–H groups in total. The molecule has 0 saturated heterocycles. The fraction of sp³-hybridized carbons (Fsp3) is 0. The third-order valence-corrected chi connectivity index (χ3v) is 5.19. The zero-order valence-corrected chi connectivity index (χ0v) is 13.5. The summed E-state index contributed by atoms with van der Waals surface area (Å²) >= 11 is 1.69. The molecule has 0 bridgehead atoms. The average molecular weight is 328 g/mol. The number of hydrogen-bond acceptors (Lipinski definition) is 4. The summed E-state index contributed by atoms with van der Waals surface area (Å²) in [5, 5.41) is 0.994. The summed E-state index contributed by atoms with van der Waals surface area (Å²) in [5.41, 5.74) is 4.17. The molecule has 0 spiro atoms. The van der Waals surface area contributed by atoms with Crippen molar-refractivity contribution in [2.45, 2.75) is 0 Å². The normalized spacial score (nSPS) is 11.7. The minimum Gasteiger partial charge on any atom is -0.456 e. The van der Waals surface area contributed by atoms with Crippen molar-refractivity contribution in [2.24, 2.45) is 0 Å². The Kier molecular flexibility index (Phi) is 2.96. The van der Waals surface area contributed by atoms with E-state index in [1.807, 2.05) is 48.5 Å². The van der Waals surface area contributed by atoms with Gasteiger partial charge in [-0.2, -0.15) is 0 Å². The van der Waals surface area contributed by atoms with Crippen LogP contribution in [0.3, 0.4) is 0 Å². The van der Waals surface area contributed by atoms with Crippen molar-refractivity contribution in [2.75, 3.05) is 0 Å². The van der Waals surface area contributed by atoms with Crippen LogP contribution >= 0.6 is 11.3 Å². The van der Waals surface area contributed by atoms with E-state index in [9.17, 15) is 0 Å². The highest BCUT2D eigenvalue weighted by Gasteiger charge is 2.24. The summed E-state index contributed by atoms with van der Waals surface area (Å²) in [5.74, 6) is 1.71. The van der Waals surface area contributed by atoms with E-state index in [4.69, 9.17) is 9.72 Å². The number of aromatic nitrogens is 2. The molecule has 0 atom stereocenters. The smallest absolute Gasteiger partial charge is 0.136 e. The molecule has 4 aromatic rings. The summed E-state index contributed by atoms with van der Waals surface area (Å²) in [6.45, 7) is 0. The minimum atomic E-state index is 0.843. The Labute approximate surface area is 143 Å². The number of thiazole rings is 1. The van der Waals surface area contributed by atoms with Gasteiger partial charge in [0.25, 0.3) is 0 Å². The number of benzene rings is 2. The second-order valence-electron chi connectivity index (χ2n) is 5.53. The Morgan fingerprint density at radius 1 is 0.750 bits per heavy atom. The number of nitrogens with zero attached hydrogens (tertiary/aromatic N) is 2. The van der Waals surface area contributed by atoms with Gasteiger partial charge in [-0.25, -0.2) is 4.98 Å². The summed E-state index contributed by atoms with van der Waals surface area (Å²) in [7, 11) is 0. The first-order chi connectivity index (χ1) is 11.9. The molecule has 1 aliphatic heterocycles. The van der Waals surface area contributed by atoms with Crippen molar-refractivity contribution < 1.29 is 4.74 Å². The fourth-order valence-corrected chi connectivity index (χ4v) is 4.03. The van der Waals surface area contributed by atoms with E-state index in [2.05, 4.69) is 17.1 Å². The van der Waals surface area contributed by atoms with Crippen LogP contribution in [0.25, 0.3) is 32.3 Å². The highest BCUT2D eigenvalue weighted by Crippen LogP contribution is 2.49. The van der Waals surface area contributed by atoms with Gasteiger partial charge >= 0.3 is 0 Å². The largest absolute Gasteiger partial charge is 0.456 e. The van der Waals surface area contributed by atoms with E-state index in [0.29, 0.717) is 0 Å². The Hall–Kier alpha value is -2.98. The molecule has 0 saturated carbocycles. The Balaban J connectivity index is 1.82. The molecule has 0 unspecified atom stereocenters. The van der Waals surface area contributed by atoms with Gasteiger partial charge in [-0.05, 0) is 36.4 Å². The zero-order chi connectivity index (χ0) is 15.9. The predicted molar refractivity (Wildman–Crippen MR) is 96.3 cm³/mol. The van der Waals surface area contributed by atoms with E-state index >= 15 is 0 Å². The first-order valence-corrected chi connectivity index (χ1v) is 8.50. The number of para-hydroxylation sites is 2. The molecule has 1 aliphatic rings. The van der Waals surface area contributed by atoms with Crippen LogP contribution < -0.4 is 4.74 Å². The molecule has 3 nitrogen and oxygen atoms in total. The summed E-state index contributed by atoms with van der Waals surface area (Å²) in [6.07, 6.45) is 3.60. The van der Waals surface area contributed by atoms with Gasteiger partial charge in [0, 0.05) is 29.1 Å². The second-order valence-corrected chi connectivity index (χ2v) is 6.53. The van der Waals surface area contributed by atoms with Crippen LogP contribution in [0.15, 0.2) is 73.1 Å². The lowest BCUT2D eigenvalue weighted by molar-refractivity contribution is 0.487. The lowest BCUT2D eigenvalue weighted by Crippen LogP contribution is -1.86. The number of fused-ring (bicyclic) bond motifs is 5. The SMILES string of the molecule is c1ccc2c(c1)Oc1ccccc1-c1sc(-c3ccncc3)nc1-2. The van der Waals surface area contributed by atoms with Gasteiger partial charge in [-0.15, -0.1) is 11.3 Å². The first-order valence-electron chi connectivity index (χ1n) is 7.68. The molecule has 5 rings (SSSR count). The second kappa shape index (κ2) is 5.28. The number of rotatable bonds is 1. The van der Waals surface area contributed by atoms with Crippen LogP contribution in [-0.4, -0.2) is 9.97 Å². The van der Waals surface area contributed by atoms with Gasteiger partial charge in [-0.3, -0.25) is 4.98 Å². The monoisotopic (exact) mass is 328 g/mol. The topological polar surface area (TPSA) is 35.0 Å². The van der Waals surface area contributed by atoms with Crippen molar-refractivity contribution in [1.82, 2.24) is 9.97 Å². The zero-order valence-electron chi connectivity index (χ0n) is 12.6. The van der Waals surface area contributed by atoms with Gasteiger partial charge in [0.2, 0.25) is 0 Å². The molecule has 0 fully saturated rings. The summed E-state index contributed by atoms with van der Waals surface area (Å²) in [4.78, 5) is 10.2. The molecule has 0 aliphatic carbocycles. The van der Waals surface area contributed by atoms with Crippen molar-refractivity contribution >= 4 is 11.3 Å². The molecule has 0 radical (unpaired) electrons. The van der Waals surface area contributed by atoms with Crippen LogP contribution in [0.2, 0.25) is 0 Å². The van der Waals surface area contributed by atoms with Crippen LogP contribution in [0, 0.1) is 0 Å². The Morgan fingerprint density at radius 3 is 2.21 bits per heavy atom. The van der Waals surface area contributed by atoms with E-state index in [1.54, 1.807) is 23.7 Å². The Morgan fingerprint density at radius 2 is 1.42 bits per heavy atom. The lowest BCUT2D eigenvalue weighted by atomic mass is 10.1. The molecule has 2 aromatic heterocycles. The quantitative estimate of drug-likeness (QED) is 0.399. The number of pyridine rings is 1. The highest BCUT2D eigenvalue weighted by molar-refractivity contribution is 7.19. The van der Waals surface area contributed by atoms with Crippen LogP contribution in [0.1, 0.15) is 0 Å². The third-order valence-electron chi connectivity index (χ3n) is 4.05. The van der Waals surface area contributed by atoms with Gasteiger partial charge in [0.15, 0.2) is 0 Å². The van der Waals surface area contributed by atoms with Gasteiger partial charge in [-0.1, -0.05) is 24.3 Å². The Bertz CT molecular complexity index is 977. The summed E-state index contributed by atoms with van der Waals surface area (Å²) in [6, 6.07) is 20.2. The lowest BCUT2D eigenvalue weighted by Gasteiger charge is -2.08. The maximum atomic E-state index is 6.15. The molecule has 2 aromatic carbocycles. The fourth-order valence-electron chi connectivity index (χ4n) is 2.92. The maximum absolute atomic E-state index is 6.15. The van der Waals surface area contributed by atoms with E-state index in [1.165, 1.54) is 0 Å². The van der Waals surface area contributed by atoms with Crippen molar-refractivity contribution in [3.05, 3.63) is 73.1 Å². The molecule has 24 heavy (non-hydrogen) atoms. The number of hydrogen-bond donors (Lipinski definition) is 0. The molecule has 3 heterocycles. The van der Waals surface area contributed by atoms with Gasteiger partial charge < -0.3 is 4.74 Å². The minimum absolute atomic E-state index is 0.843. The third kappa shape index (κ3) is 2.04. The highest BCUT2D eigenvalue weighted by atomic mass is 32.1. The standard InChI is InChI=1S/C20H12N2OS/c1-3-7-16-14(5-1)18-19(15-6-2-4-8-17(15)23-16)24-20(22-18)13-9-11-21-12-10-13/h1-12H. The van der Waals surface area contributed by atoms with E-state index in [-0.39, 0.29) is 0 Å². The van der Waals surface area contributed by atoms with Crippen molar-refractivity contribution in [3.8, 4) is 43.8 Å². The summed E-state index contributed by atoms with van der Waals surface area (Å²) < 4.78 is 6.15. The molecule has 0 amide bonds. The molecule has 4 heteroatoms. The molecule has 114 valence electrons. The van der Waals surface area contributed by atoms with Crippen molar-refractivity contribution in [3.63, 3.8) is 0 Å². The van der Waals surface area contributed by atoms with Gasteiger partial charge in [0.1, 0.15) is 16.5 Å². The van der Waals surface area contributed by atoms with Gasteiger partial charge in [0.05, 0.1) is 10.6 Å². The molecular formula is C20H12N2OS. The molecular weight excluding hydrogens is 316 g/mol. The van der Waals surface area contributed by atoms with Crippen LogP contribution in [-0.2, 0) is 0 Å². The van der Waals surface area contributed by atoms with E-state index < -0.39 is 0 Å². The average Bonchev–Trinajstić information content (AvgIpc) is 3.03. The predicted octanol–water partition coefficient (Wildman–Crippen LogP) is 5.64. The first kappa shape index (κ1) is 13.5. The number of ether oxygens (including phenoxy) is 1.